The van der Waals surface area contributed by atoms with Crippen LogP contribution < -0.4 is 15.6 Å². The molecule has 0 spiro atoms. The molecule has 0 fully saturated rings. The highest BCUT2D eigenvalue weighted by atomic mass is 28.3. The lowest BCUT2D eigenvalue weighted by molar-refractivity contribution is -0.393. The molecule has 2 nitrogen and oxygen atoms in total. The highest BCUT2D eigenvalue weighted by Crippen LogP contribution is 2.17. The normalized spacial score (nSPS) is 12.1. The van der Waals surface area contributed by atoms with Crippen LogP contribution in [0.25, 0.3) is 32.3 Å². The van der Waals surface area contributed by atoms with Gasteiger partial charge in [0.05, 0.1) is 11.2 Å². The van der Waals surface area contributed by atoms with Crippen molar-refractivity contribution in [2.24, 2.45) is 0 Å². The molecular weight excluding hydrogens is 517 g/mol. The standard InChI is InChI=1S/C30H21Si.C8H18O2/c1-4-10-25-19-28(16-13-22(25)7-1)31(29-17-14-23-8-2-5-11-26(23)20-29)30-18-15-24-9-3-6-12-27(24)21-30;1-7(2,3)9-10-8(4,5)6/h1-21H;1-6H3. The minimum atomic E-state index is -1.15. The summed E-state index contributed by atoms with van der Waals surface area (Å²) in [7, 11) is -1.15. The summed E-state index contributed by atoms with van der Waals surface area (Å²) in [6, 6.07) is 47.0. The van der Waals surface area contributed by atoms with E-state index in [2.05, 4.69) is 127 Å². The summed E-state index contributed by atoms with van der Waals surface area (Å²) in [6.45, 7) is 11.7. The van der Waals surface area contributed by atoms with Gasteiger partial charge in [-0.15, -0.1) is 0 Å². The van der Waals surface area contributed by atoms with Crippen LogP contribution in [0.15, 0.2) is 127 Å². The summed E-state index contributed by atoms with van der Waals surface area (Å²) in [5, 5.41) is 12.1. The van der Waals surface area contributed by atoms with Crippen molar-refractivity contribution in [2.45, 2.75) is 52.7 Å². The first kappa shape index (κ1) is 28.8. The van der Waals surface area contributed by atoms with E-state index in [0.29, 0.717) is 0 Å². The highest BCUT2D eigenvalue weighted by Gasteiger charge is 2.21. The summed E-state index contributed by atoms with van der Waals surface area (Å²) in [4.78, 5) is 10.2. The van der Waals surface area contributed by atoms with Crippen molar-refractivity contribution >= 4 is 56.7 Å². The van der Waals surface area contributed by atoms with Gasteiger partial charge in [-0.1, -0.05) is 127 Å². The van der Waals surface area contributed by atoms with E-state index in [-0.39, 0.29) is 11.2 Å². The third kappa shape index (κ3) is 7.50. The van der Waals surface area contributed by atoms with Crippen molar-refractivity contribution in [1.82, 2.24) is 0 Å². The van der Waals surface area contributed by atoms with E-state index in [1.54, 1.807) is 0 Å². The Morgan fingerprint density at radius 3 is 0.902 bits per heavy atom. The lowest BCUT2D eigenvalue weighted by Gasteiger charge is -2.24. The first-order chi connectivity index (χ1) is 19.6. The first-order valence-corrected chi connectivity index (χ1v) is 15.8. The van der Waals surface area contributed by atoms with Crippen LogP contribution in [0.2, 0.25) is 0 Å². The summed E-state index contributed by atoms with van der Waals surface area (Å²) < 4.78 is 0. The van der Waals surface area contributed by atoms with Crippen LogP contribution in [0.1, 0.15) is 41.5 Å². The van der Waals surface area contributed by atoms with Gasteiger partial charge in [-0.3, -0.25) is 0 Å². The van der Waals surface area contributed by atoms with Crippen LogP contribution in [0.5, 0.6) is 0 Å². The molecule has 0 aliphatic heterocycles. The zero-order valence-corrected chi connectivity index (χ0v) is 25.9. The molecule has 0 amide bonds. The molecule has 0 aromatic heterocycles. The second-order valence-corrected chi connectivity index (χ2v) is 14.9. The van der Waals surface area contributed by atoms with Gasteiger partial charge < -0.3 is 0 Å². The van der Waals surface area contributed by atoms with Gasteiger partial charge in [0, 0.05) is 0 Å². The molecule has 0 atom stereocenters. The lowest BCUT2D eigenvalue weighted by atomic mass is 10.1. The van der Waals surface area contributed by atoms with Crippen LogP contribution >= 0.6 is 0 Å². The number of rotatable bonds is 4. The molecular formula is C38H39O2Si. The van der Waals surface area contributed by atoms with Crippen LogP contribution in [-0.4, -0.2) is 20.0 Å². The Bertz CT molecular complexity index is 1570. The maximum atomic E-state index is 5.09. The van der Waals surface area contributed by atoms with Crippen LogP contribution in [0.4, 0.5) is 0 Å². The van der Waals surface area contributed by atoms with E-state index in [4.69, 9.17) is 9.78 Å². The average Bonchev–Trinajstić information content (AvgIpc) is 2.96. The highest BCUT2D eigenvalue weighted by molar-refractivity contribution is 6.95. The molecule has 0 unspecified atom stereocenters. The Labute approximate surface area is 246 Å². The average molecular weight is 556 g/mol. The number of benzene rings is 6. The second kappa shape index (κ2) is 12.0. The fourth-order valence-electron chi connectivity index (χ4n) is 4.78. The van der Waals surface area contributed by atoms with Crippen molar-refractivity contribution in [2.75, 3.05) is 0 Å². The minimum Gasteiger partial charge on any atom is -0.230 e. The van der Waals surface area contributed by atoms with E-state index in [9.17, 15) is 0 Å². The number of fused-ring (bicyclic) bond motifs is 3. The minimum absolute atomic E-state index is 0.215. The predicted octanol–water partition coefficient (Wildman–Crippen LogP) is 8.19. The Balaban J connectivity index is 0.000000292. The van der Waals surface area contributed by atoms with Crippen molar-refractivity contribution in [3.63, 3.8) is 0 Å². The molecule has 0 aliphatic carbocycles. The van der Waals surface area contributed by atoms with Crippen molar-refractivity contribution in [1.29, 1.82) is 0 Å². The SMILES string of the molecule is CC(C)(C)OOC(C)(C)C.c1ccc2cc([Si](c3ccc4ccccc4c3)c3ccc4ccccc4c3)ccc2c1. The zero-order valence-electron chi connectivity index (χ0n) is 24.9. The Hall–Kier alpha value is -3.76. The van der Waals surface area contributed by atoms with Gasteiger partial charge in [-0.25, -0.2) is 9.78 Å². The lowest BCUT2D eigenvalue weighted by Crippen LogP contribution is -2.51. The van der Waals surface area contributed by atoms with Gasteiger partial charge in [-0.2, -0.15) is 0 Å². The Morgan fingerprint density at radius 1 is 0.366 bits per heavy atom. The quantitative estimate of drug-likeness (QED) is 0.0945. The van der Waals surface area contributed by atoms with Gasteiger partial charge in [0.1, 0.15) is 0 Å². The largest absolute Gasteiger partial charge is 0.230 e. The molecule has 0 heterocycles. The fraction of sp³-hybridized carbons (Fsp3) is 0.211. The zero-order chi connectivity index (χ0) is 29.0. The van der Waals surface area contributed by atoms with Gasteiger partial charge in [0.15, 0.2) is 8.80 Å². The van der Waals surface area contributed by atoms with E-state index in [1.165, 1.54) is 47.9 Å². The van der Waals surface area contributed by atoms with E-state index in [0.717, 1.165) is 0 Å². The molecule has 0 saturated carbocycles. The molecule has 1 radical (unpaired) electrons. The molecule has 41 heavy (non-hydrogen) atoms. The van der Waals surface area contributed by atoms with Gasteiger partial charge in [-0.05, 0) is 89.4 Å². The van der Waals surface area contributed by atoms with Crippen LogP contribution in [0.3, 0.4) is 0 Å². The number of hydrogen-bond acceptors (Lipinski definition) is 2. The third-order valence-electron chi connectivity index (χ3n) is 6.66. The van der Waals surface area contributed by atoms with Crippen molar-refractivity contribution in [3.05, 3.63) is 127 Å². The fourth-order valence-corrected chi connectivity index (χ4v) is 7.43. The molecule has 3 heteroatoms. The summed E-state index contributed by atoms with van der Waals surface area (Å²) in [5.41, 5.74) is -0.430. The van der Waals surface area contributed by atoms with Crippen molar-refractivity contribution < 1.29 is 9.78 Å². The van der Waals surface area contributed by atoms with Gasteiger partial charge in [0.2, 0.25) is 0 Å². The first-order valence-electron chi connectivity index (χ1n) is 14.3. The maximum absolute atomic E-state index is 5.09. The topological polar surface area (TPSA) is 18.5 Å². The third-order valence-corrected chi connectivity index (χ3v) is 9.32. The molecule has 6 aromatic rings. The number of hydrogen-bond donors (Lipinski definition) is 0. The van der Waals surface area contributed by atoms with Crippen molar-refractivity contribution in [3.8, 4) is 0 Å². The van der Waals surface area contributed by atoms with E-state index >= 15 is 0 Å². The summed E-state index contributed by atoms with van der Waals surface area (Å²) in [5.74, 6) is 0. The molecule has 6 rings (SSSR count). The monoisotopic (exact) mass is 555 g/mol. The van der Waals surface area contributed by atoms with Gasteiger partial charge >= 0.3 is 0 Å². The molecule has 0 bridgehead atoms. The molecule has 0 N–H and O–H groups in total. The molecule has 0 saturated heterocycles. The summed E-state index contributed by atoms with van der Waals surface area (Å²) >= 11 is 0. The smallest absolute Gasteiger partial charge is 0.154 e. The Kier molecular flexibility index (Phi) is 8.41. The summed E-state index contributed by atoms with van der Waals surface area (Å²) in [6.07, 6.45) is 0. The van der Waals surface area contributed by atoms with Crippen LogP contribution in [0, 0.1) is 0 Å². The van der Waals surface area contributed by atoms with Gasteiger partial charge in [0.25, 0.3) is 0 Å². The van der Waals surface area contributed by atoms with E-state index < -0.39 is 8.80 Å². The Morgan fingerprint density at radius 2 is 0.634 bits per heavy atom. The molecule has 6 aromatic carbocycles. The van der Waals surface area contributed by atoms with E-state index in [1.807, 2.05) is 41.5 Å². The predicted molar refractivity (Wildman–Crippen MR) is 178 cm³/mol. The molecule has 207 valence electrons. The maximum Gasteiger partial charge on any atom is 0.154 e. The van der Waals surface area contributed by atoms with Crippen LogP contribution in [-0.2, 0) is 9.78 Å². The second-order valence-electron chi connectivity index (χ2n) is 12.5. The molecule has 0 aliphatic rings.